The van der Waals surface area contributed by atoms with Crippen LogP contribution < -0.4 is 11.1 Å². The minimum atomic E-state index is -0.205. The molecule has 0 radical (unpaired) electrons. The van der Waals surface area contributed by atoms with Crippen LogP contribution in [0.25, 0.3) is 0 Å². The summed E-state index contributed by atoms with van der Waals surface area (Å²) in [6, 6.07) is 5.45. The summed E-state index contributed by atoms with van der Waals surface area (Å²) in [6.07, 6.45) is 1.70. The molecule has 3 N–H and O–H groups in total. The Bertz CT molecular complexity index is 526. The SMILES string of the molecule is CC(NC(=O)c1csc(CN)n1)c1ccccn1. The summed E-state index contributed by atoms with van der Waals surface area (Å²) in [5.41, 5.74) is 6.69. The van der Waals surface area contributed by atoms with E-state index in [0.29, 0.717) is 12.2 Å². The fourth-order valence-corrected chi connectivity index (χ4v) is 2.14. The molecule has 0 spiro atoms. The zero-order valence-corrected chi connectivity index (χ0v) is 10.8. The van der Waals surface area contributed by atoms with E-state index in [2.05, 4.69) is 15.3 Å². The Labute approximate surface area is 109 Å². The van der Waals surface area contributed by atoms with E-state index in [1.54, 1.807) is 11.6 Å². The number of nitrogens with zero attached hydrogens (tertiary/aromatic N) is 2. The van der Waals surface area contributed by atoms with Crippen molar-refractivity contribution >= 4 is 17.2 Å². The topological polar surface area (TPSA) is 80.9 Å². The van der Waals surface area contributed by atoms with Gasteiger partial charge in [0, 0.05) is 18.1 Å². The second-order valence-electron chi connectivity index (χ2n) is 3.78. The van der Waals surface area contributed by atoms with E-state index in [4.69, 9.17) is 5.73 Å². The van der Waals surface area contributed by atoms with Gasteiger partial charge in [0.1, 0.15) is 10.7 Å². The summed E-state index contributed by atoms with van der Waals surface area (Å²) in [4.78, 5) is 20.3. The van der Waals surface area contributed by atoms with Crippen molar-refractivity contribution in [2.24, 2.45) is 5.73 Å². The van der Waals surface area contributed by atoms with Crippen LogP contribution >= 0.6 is 11.3 Å². The predicted molar refractivity (Wildman–Crippen MR) is 70.1 cm³/mol. The van der Waals surface area contributed by atoms with Crippen molar-refractivity contribution in [1.82, 2.24) is 15.3 Å². The highest BCUT2D eigenvalue weighted by molar-refractivity contribution is 7.09. The number of amides is 1. The number of rotatable bonds is 4. The first-order chi connectivity index (χ1) is 8.70. The maximum atomic E-state index is 11.9. The molecule has 0 aromatic carbocycles. The van der Waals surface area contributed by atoms with Crippen LogP contribution in [0.1, 0.15) is 34.2 Å². The summed E-state index contributed by atoms with van der Waals surface area (Å²) in [5.74, 6) is -0.205. The normalized spacial score (nSPS) is 12.1. The molecule has 0 aliphatic heterocycles. The van der Waals surface area contributed by atoms with E-state index in [0.717, 1.165) is 10.7 Å². The van der Waals surface area contributed by atoms with Crippen molar-refractivity contribution in [3.63, 3.8) is 0 Å². The van der Waals surface area contributed by atoms with Crippen LogP contribution in [-0.4, -0.2) is 15.9 Å². The zero-order chi connectivity index (χ0) is 13.0. The quantitative estimate of drug-likeness (QED) is 0.874. The van der Waals surface area contributed by atoms with Gasteiger partial charge in [-0.3, -0.25) is 9.78 Å². The highest BCUT2D eigenvalue weighted by Gasteiger charge is 2.14. The van der Waals surface area contributed by atoms with Crippen LogP contribution in [0.5, 0.6) is 0 Å². The van der Waals surface area contributed by atoms with E-state index in [-0.39, 0.29) is 11.9 Å². The molecule has 0 aliphatic carbocycles. The molecule has 6 heteroatoms. The average molecular weight is 262 g/mol. The number of nitrogens with two attached hydrogens (primary N) is 1. The summed E-state index contributed by atoms with van der Waals surface area (Å²) in [6.45, 7) is 2.24. The zero-order valence-electron chi connectivity index (χ0n) is 9.96. The number of nitrogens with one attached hydrogen (secondary N) is 1. The Balaban J connectivity index is 2.03. The van der Waals surface area contributed by atoms with Crippen molar-refractivity contribution in [3.05, 3.63) is 46.2 Å². The maximum Gasteiger partial charge on any atom is 0.271 e. The first-order valence-electron chi connectivity index (χ1n) is 5.57. The fourth-order valence-electron chi connectivity index (χ4n) is 1.49. The lowest BCUT2D eigenvalue weighted by atomic mass is 10.2. The average Bonchev–Trinajstić information content (AvgIpc) is 2.88. The van der Waals surface area contributed by atoms with Crippen molar-refractivity contribution in [2.75, 3.05) is 0 Å². The predicted octanol–water partition coefficient (Wildman–Crippen LogP) is 1.49. The van der Waals surface area contributed by atoms with Crippen LogP contribution in [0, 0.1) is 0 Å². The standard InChI is InChI=1S/C12H14N4OS/c1-8(9-4-2-3-5-14-9)15-12(17)10-7-18-11(6-13)16-10/h2-5,7-8H,6,13H2,1H3,(H,15,17). The van der Waals surface area contributed by atoms with Crippen LogP contribution in [0.3, 0.4) is 0 Å². The molecule has 0 bridgehead atoms. The lowest BCUT2D eigenvalue weighted by Gasteiger charge is -2.11. The van der Waals surface area contributed by atoms with Crippen LogP contribution in [-0.2, 0) is 6.54 Å². The van der Waals surface area contributed by atoms with Crippen LogP contribution in [0.2, 0.25) is 0 Å². The summed E-state index contributed by atoms with van der Waals surface area (Å²) >= 11 is 1.39. The molecule has 5 nitrogen and oxygen atoms in total. The van der Waals surface area contributed by atoms with Gasteiger partial charge in [-0.2, -0.15) is 0 Å². The molecular weight excluding hydrogens is 248 g/mol. The highest BCUT2D eigenvalue weighted by atomic mass is 32.1. The number of carbonyl (C=O) groups is 1. The van der Waals surface area contributed by atoms with Crippen molar-refractivity contribution in [1.29, 1.82) is 0 Å². The molecule has 1 atom stereocenters. The number of thiazole rings is 1. The van der Waals surface area contributed by atoms with Crippen LogP contribution in [0.15, 0.2) is 29.8 Å². The van der Waals surface area contributed by atoms with Gasteiger partial charge in [0.15, 0.2) is 0 Å². The lowest BCUT2D eigenvalue weighted by molar-refractivity contribution is 0.0934. The van der Waals surface area contributed by atoms with Crippen molar-refractivity contribution < 1.29 is 4.79 Å². The van der Waals surface area contributed by atoms with E-state index < -0.39 is 0 Å². The maximum absolute atomic E-state index is 11.9. The molecule has 2 aromatic rings. The number of carbonyl (C=O) groups excluding carboxylic acids is 1. The Morgan fingerprint density at radius 2 is 2.39 bits per heavy atom. The molecule has 0 fully saturated rings. The number of hydrogen-bond acceptors (Lipinski definition) is 5. The summed E-state index contributed by atoms with van der Waals surface area (Å²) in [7, 11) is 0. The molecule has 1 amide bonds. The number of aromatic nitrogens is 2. The second-order valence-corrected chi connectivity index (χ2v) is 4.72. The van der Waals surface area contributed by atoms with Crippen molar-refractivity contribution in [2.45, 2.75) is 19.5 Å². The van der Waals surface area contributed by atoms with E-state index >= 15 is 0 Å². The molecular formula is C12H14N4OS. The first kappa shape index (κ1) is 12.7. The summed E-state index contributed by atoms with van der Waals surface area (Å²) in [5, 5.41) is 5.32. The minimum absolute atomic E-state index is 0.151. The fraction of sp³-hybridized carbons (Fsp3) is 0.250. The number of pyridine rings is 1. The van der Waals surface area contributed by atoms with Gasteiger partial charge in [0.25, 0.3) is 5.91 Å². The van der Waals surface area contributed by atoms with Gasteiger partial charge in [-0.25, -0.2) is 4.98 Å². The minimum Gasteiger partial charge on any atom is -0.343 e. The van der Waals surface area contributed by atoms with Gasteiger partial charge in [-0.15, -0.1) is 11.3 Å². The highest BCUT2D eigenvalue weighted by Crippen LogP contribution is 2.12. The Kier molecular flexibility index (Phi) is 4.01. The molecule has 2 aromatic heterocycles. The first-order valence-corrected chi connectivity index (χ1v) is 6.45. The third kappa shape index (κ3) is 2.91. The summed E-state index contributed by atoms with van der Waals surface area (Å²) < 4.78 is 0. The Hall–Kier alpha value is -1.79. The van der Waals surface area contributed by atoms with Gasteiger partial charge in [-0.05, 0) is 19.1 Å². The van der Waals surface area contributed by atoms with Crippen LogP contribution in [0.4, 0.5) is 0 Å². The molecule has 0 saturated heterocycles. The molecule has 1 unspecified atom stereocenters. The van der Waals surface area contributed by atoms with Gasteiger partial charge in [0.05, 0.1) is 11.7 Å². The Morgan fingerprint density at radius 1 is 1.56 bits per heavy atom. The third-order valence-corrected chi connectivity index (χ3v) is 3.31. The Morgan fingerprint density at radius 3 is 3.00 bits per heavy atom. The monoisotopic (exact) mass is 262 g/mol. The van der Waals surface area contributed by atoms with Gasteiger partial charge in [-0.1, -0.05) is 6.07 Å². The van der Waals surface area contributed by atoms with Gasteiger partial charge >= 0.3 is 0 Å². The molecule has 0 aliphatic rings. The van der Waals surface area contributed by atoms with Gasteiger partial charge in [0.2, 0.25) is 0 Å². The number of hydrogen-bond donors (Lipinski definition) is 2. The van der Waals surface area contributed by atoms with Gasteiger partial charge < -0.3 is 11.1 Å². The molecule has 2 heterocycles. The largest absolute Gasteiger partial charge is 0.343 e. The molecule has 18 heavy (non-hydrogen) atoms. The van der Waals surface area contributed by atoms with E-state index in [9.17, 15) is 4.79 Å². The van der Waals surface area contributed by atoms with Crippen molar-refractivity contribution in [3.8, 4) is 0 Å². The van der Waals surface area contributed by atoms with E-state index in [1.807, 2.05) is 25.1 Å². The molecule has 0 saturated carbocycles. The second kappa shape index (κ2) is 5.70. The third-order valence-electron chi connectivity index (χ3n) is 2.44. The smallest absolute Gasteiger partial charge is 0.271 e. The lowest BCUT2D eigenvalue weighted by Crippen LogP contribution is -2.27. The molecule has 94 valence electrons. The van der Waals surface area contributed by atoms with E-state index in [1.165, 1.54) is 11.3 Å². The molecule has 2 rings (SSSR count).